The van der Waals surface area contributed by atoms with Gasteiger partial charge < -0.3 is 5.32 Å². The average molecular weight is 466 g/mol. The molecule has 0 unspecified atom stereocenters. The minimum atomic E-state index is -3.60. The van der Waals surface area contributed by atoms with Crippen molar-refractivity contribution in [2.45, 2.75) is 6.54 Å². The van der Waals surface area contributed by atoms with Crippen LogP contribution in [-0.2, 0) is 21.4 Å². The number of amides is 1. The topological polar surface area (TPSA) is 66.5 Å². The molecule has 2 aromatic rings. The highest BCUT2D eigenvalue weighted by molar-refractivity contribution is 9.10. The van der Waals surface area contributed by atoms with Crippen LogP contribution in [0.3, 0.4) is 0 Å². The van der Waals surface area contributed by atoms with Crippen LogP contribution < -0.4 is 5.32 Å². The summed E-state index contributed by atoms with van der Waals surface area (Å²) in [5.74, 6) is -0.476. The molecule has 0 spiro atoms. The highest BCUT2D eigenvalue weighted by atomic mass is 79.9. The van der Waals surface area contributed by atoms with Crippen LogP contribution in [0.5, 0.6) is 0 Å². The molecule has 0 fully saturated rings. The van der Waals surface area contributed by atoms with Crippen molar-refractivity contribution in [3.8, 4) is 0 Å². The minimum absolute atomic E-state index is 0.00696. The van der Waals surface area contributed by atoms with Gasteiger partial charge in [-0.2, -0.15) is 4.31 Å². The summed E-state index contributed by atoms with van der Waals surface area (Å²) in [6, 6.07) is 11.8. The molecule has 0 saturated heterocycles. The monoisotopic (exact) mass is 464 g/mol. The summed E-state index contributed by atoms with van der Waals surface area (Å²) in [5.41, 5.74) is 1.10. The van der Waals surface area contributed by atoms with E-state index in [-0.39, 0.29) is 13.1 Å². The summed E-state index contributed by atoms with van der Waals surface area (Å²) in [7, 11) is -3.60. The summed E-state index contributed by atoms with van der Waals surface area (Å²) >= 11 is 15.3. The van der Waals surface area contributed by atoms with E-state index in [2.05, 4.69) is 21.2 Å². The molecule has 134 valence electrons. The fraction of sp³-hybridized carbons (Fsp3) is 0.188. The van der Waals surface area contributed by atoms with Crippen molar-refractivity contribution in [3.05, 3.63) is 62.5 Å². The molecule has 9 heteroatoms. The lowest BCUT2D eigenvalue weighted by atomic mass is 10.2. The molecule has 0 aliphatic heterocycles. The van der Waals surface area contributed by atoms with Crippen LogP contribution in [0.4, 0.5) is 5.69 Å². The van der Waals surface area contributed by atoms with E-state index in [0.717, 1.165) is 10.6 Å². The number of rotatable bonds is 6. The first-order valence-electron chi connectivity index (χ1n) is 7.10. The van der Waals surface area contributed by atoms with E-state index in [1.54, 1.807) is 42.5 Å². The predicted molar refractivity (Wildman–Crippen MR) is 104 cm³/mol. The van der Waals surface area contributed by atoms with Gasteiger partial charge in [0.1, 0.15) is 0 Å². The van der Waals surface area contributed by atoms with E-state index in [1.807, 2.05) is 0 Å². The Hall–Kier alpha value is -1.12. The molecule has 0 radical (unpaired) electrons. The maximum atomic E-state index is 12.2. The molecule has 0 atom stereocenters. The smallest absolute Gasteiger partial charge is 0.239 e. The molecular formula is C16H15BrCl2N2O3S. The third kappa shape index (κ3) is 5.97. The molecule has 0 aliphatic rings. The van der Waals surface area contributed by atoms with E-state index in [9.17, 15) is 13.2 Å². The van der Waals surface area contributed by atoms with Gasteiger partial charge in [0.15, 0.2) is 0 Å². The van der Waals surface area contributed by atoms with Gasteiger partial charge in [0, 0.05) is 21.7 Å². The number of carbonyl (C=O) groups excluding carboxylic acids is 1. The van der Waals surface area contributed by atoms with Crippen LogP contribution in [0.1, 0.15) is 5.56 Å². The first kappa shape index (κ1) is 20.2. The third-order valence-electron chi connectivity index (χ3n) is 3.30. The molecule has 0 aliphatic carbocycles. The highest BCUT2D eigenvalue weighted by Crippen LogP contribution is 2.25. The fourth-order valence-corrected chi connectivity index (χ4v) is 3.39. The number of sulfonamides is 1. The van der Waals surface area contributed by atoms with Gasteiger partial charge in [-0.15, -0.1) is 0 Å². The molecule has 0 saturated carbocycles. The second-order valence-electron chi connectivity index (χ2n) is 5.30. The average Bonchev–Trinajstić information content (AvgIpc) is 2.51. The number of hydrogen-bond acceptors (Lipinski definition) is 3. The van der Waals surface area contributed by atoms with Crippen molar-refractivity contribution in [3.63, 3.8) is 0 Å². The standard InChI is InChI=1S/C16H15BrCl2N2O3S/c1-25(23,24)21(9-11-4-2-3-5-14(11)18)10-16(22)20-12-6-7-13(17)15(19)8-12/h2-8H,9-10H2,1H3,(H,20,22). The van der Waals surface area contributed by atoms with Crippen molar-refractivity contribution >= 4 is 60.7 Å². The lowest BCUT2D eigenvalue weighted by molar-refractivity contribution is -0.116. The lowest BCUT2D eigenvalue weighted by Crippen LogP contribution is -2.37. The molecule has 1 amide bonds. The number of nitrogens with zero attached hydrogens (tertiary/aromatic N) is 1. The highest BCUT2D eigenvalue weighted by Gasteiger charge is 2.21. The van der Waals surface area contributed by atoms with Crippen LogP contribution >= 0.6 is 39.1 Å². The van der Waals surface area contributed by atoms with Gasteiger partial charge in [0.05, 0.1) is 17.8 Å². The Balaban J connectivity index is 2.13. The normalized spacial score (nSPS) is 11.6. The second kappa shape index (κ2) is 8.51. The first-order valence-corrected chi connectivity index (χ1v) is 10.5. The molecule has 2 rings (SSSR count). The summed E-state index contributed by atoms with van der Waals surface area (Å²) in [6.07, 6.45) is 1.05. The maximum absolute atomic E-state index is 12.2. The van der Waals surface area contributed by atoms with Gasteiger partial charge in [0.25, 0.3) is 0 Å². The number of anilines is 1. The molecule has 25 heavy (non-hydrogen) atoms. The van der Waals surface area contributed by atoms with Crippen molar-refractivity contribution in [2.75, 3.05) is 18.1 Å². The zero-order valence-electron chi connectivity index (χ0n) is 13.2. The number of hydrogen-bond donors (Lipinski definition) is 1. The number of halogens is 3. The van der Waals surface area contributed by atoms with Gasteiger partial charge in [-0.25, -0.2) is 8.42 Å². The van der Waals surface area contributed by atoms with Gasteiger partial charge in [-0.05, 0) is 45.8 Å². The minimum Gasteiger partial charge on any atom is -0.325 e. The molecular weight excluding hydrogens is 451 g/mol. The largest absolute Gasteiger partial charge is 0.325 e. The van der Waals surface area contributed by atoms with E-state index >= 15 is 0 Å². The van der Waals surface area contributed by atoms with Crippen LogP contribution in [0.25, 0.3) is 0 Å². The summed E-state index contributed by atoms with van der Waals surface area (Å²) in [6.45, 7) is -0.329. The molecule has 0 aromatic heterocycles. The molecule has 2 aromatic carbocycles. The van der Waals surface area contributed by atoms with Gasteiger partial charge in [-0.1, -0.05) is 41.4 Å². The van der Waals surface area contributed by atoms with E-state index in [0.29, 0.717) is 25.8 Å². The number of benzene rings is 2. The van der Waals surface area contributed by atoms with Crippen molar-refractivity contribution in [2.24, 2.45) is 0 Å². The Morgan fingerprint density at radius 1 is 1.16 bits per heavy atom. The van der Waals surface area contributed by atoms with Gasteiger partial charge in [0.2, 0.25) is 15.9 Å². The van der Waals surface area contributed by atoms with Crippen molar-refractivity contribution < 1.29 is 13.2 Å². The van der Waals surface area contributed by atoms with Crippen molar-refractivity contribution in [1.29, 1.82) is 0 Å². The number of nitrogens with one attached hydrogen (secondary N) is 1. The third-order valence-corrected chi connectivity index (χ3v) is 6.09. The molecule has 0 bridgehead atoms. The van der Waals surface area contributed by atoms with E-state index < -0.39 is 15.9 Å². The van der Waals surface area contributed by atoms with Crippen LogP contribution in [0, 0.1) is 0 Å². The van der Waals surface area contributed by atoms with E-state index in [1.165, 1.54) is 0 Å². The summed E-state index contributed by atoms with van der Waals surface area (Å²) < 4.78 is 25.8. The Morgan fingerprint density at radius 3 is 2.44 bits per heavy atom. The predicted octanol–water partition coefficient (Wildman–Crippen LogP) is 4.16. The summed E-state index contributed by atoms with van der Waals surface area (Å²) in [4.78, 5) is 12.2. The SMILES string of the molecule is CS(=O)(=O)N(CC(=O)Nc1ccc(Br)c(Cl)c1)Cc1ccccc1Cl. The Morgan fingerprint density at radius 2 is 1.84 bits per heavy atom. The zero-order chi connectivity index (χ0) is 18.6. The molecule has 1 N–H and O–H groups in total. The number of carbonyl (C=O) groups is 1. The molecule has 0 heterocycles. The first-order chi connectivity index (χ1) is 11.7. The van der Waals surface area contributed by atoms with Crippen LogP contribution in [0.15, 0.2) is 46.9 Å². The molecule has 5 nitrogen and oxygen atoms in total. The fourth-order valence-electron chi connectivity index (χ4n) is 2.04. The summed E-state index contributed by atoms with van der Waals surface area (Å²) in [5, 5.41) is 3.51. The van der Waals surface area contributed by atoms with Gasteiger partial charge >= 0.3 is 0 Å². The van der Waals surface area contributed by atoms with E-state index in [4.69, 9.17) is 23.2 Å². The maximum Gasteiger partial charge on any atom is 0.239 e. The van der Waals surface area contributed by atoms with Crippen molar-refractivity contribution in [1.82, 2.24) is 4.31 Å². The van der Waals surface area contributed by atoms with Gasteiger partial charge in [-0.3, -0.25) is 4.79 Å². The Kier molecular flexibility index (Phi) is 6.87. The Bertz CT molecular complexity index is 891. The second-order valence-corrected chi connectivity index (χ2v) is 8.95. The van der Waals surface area contributed by atoms with Crippen LogP contribution in [-0.4, -0.2) is 31.4 Å². The Labute approximate surface area is 165 Å². The zero-order valence-corrected chi connectivity index (χ0v) is 17.1. The lowest BCUT2D eigenvalue weighted by Gasteiger charge is -2.20. The quantitative estimate of drug-likeness (QED) is 0.696. The van der Waals surface area contributed by atoms with Crippen LogP contribution in [0.2, 0.25) is 10.0 Å².